The highest BCUT2D eigenvalue weighted by molar-refractivity contribution is 5.95. The molecule has 0 aliphatic heterocycles. The second-order valence-electron chi connectivity index (χ2n) is 5.81. The first-order valence-electron chi connectivity index (χ1n) is 7.14. The number of pyridine rings is 1. The molecule has 0 unspecified atom stereocenters. The number of hydrogen-bond donors (Lipinski definition) is 2. The number of amides is 1. The van der Waals surface area contributed by atoms with Crippen molar-refractivity contribution in [2.75, 3.05) is 12.4 Å². The van der Waals surface area contributed by atoms with Crippen molar-refractivity contribution < 1.29 is 4.79 Å². The lowest BCUT2D eigenvalue weighted by atomic mass is 10.1. The van der Waals surface area contributed by atoms with E-state index >= 15 is 0 Å². The maximum Gasteiger partial charge on any atom is 0.251 e. The molecule has 1 aromatic heterocycles. The fourth-order valence-electron chi connectivity index (χ4n) is 2.69. The van der Waals surface area contributed by atoms with E-state index in [0.717, 1.165) is 23.3 Å². The summed E-state index contributed by atoms with van der Waals surface area (Å²) in [4.78, 5) is 16.7. The highest BCUT2D eigenvalue weighted by atomic mass is 16.1. The predicted molar refractivity (Wildman–Crippen MR) is 75.2 cm³/mol. The lowest BCUT2D eigenvalue weighted by molar-refractivity contribution is 0.0926. The summed E-state index contributed by atoms with van der Waals surface area (Å²) in [5.41, 5.74) is 1.58. The minimum Gasteiger partial charge on any atom is -0.373 e. The number of rotatable bonds is 5. The fraction of sp³-hybridized carbons (Fsp3) is 0.600. The molecule has 4 heteroatoms. The molecule has 2 fully saturated rings. The van der Waals surface area contributed by atoms with Gasteiger partial charge in [0.2, 0.25) is 0 Å². The first-order valence-corrected chi connectivity index (χ1v) is 7.14. The number of nitrogens with one attached hydrogen (secondary N) is 2. The van der Waals surface area contributed by atoms with Crippen LogP contribution in [0.25, 0.3) is 0 Å². The fourth-order valence-corrected chi connectivity index (χ4v) is 2.69. The third kappa shape index (κ3) is 2.88. The van der Waals surface area contributed by atoms with Crippen molar-refractivity contribution in [3.63, 3.8) is 0 Å². The number of aryl methyl sites for hydroxylation is 1. The zero-order chi connectivity index (χ0) is 13.4. The van der Waals surface area contributed by atoms with Gasteiger partial charge in [0.25, 0.3) is 5.91 Å². The normalized spacial score (nSPS) is 18.5. The van der Waals surface area contributed by atoms with E-state index in [0.29, 0.717) is 11.6 Å². The van der Waals surface area contributed by atoms with Crippen molar-refractivity contribution in [2.45, 2.75) is 38.6 Å². The molecule has 0 spiro atoms. The van der Waals surface area contributed by atoms with Crippen LogP contribution in [0, 0.1) is 18.8 Å². The number of carbonyl (C=O) groups is 1. The Bertz CT molecular complexity index is 480. The van der Waals surface area contributed by atoms with Gasteiger partial charge in [0.15, 0.2) is 0 Å². The molecule has 0 saturated heterocycles. The molecule has 0 radical (unpaired) electrons. The summed E-state index contributed by atoms with van der Waals surface area (Å²) in [5.74, 6) is 2.25. The summed E-state index contributed by atoms with van der Waals surface area (Å²) in [5, 5.41) is 6.24. The molecule has 1 heterocycles. The van der Waals surface area contributed by atoms with Crippen LogP contribution in [0.2, 0.25) is 0 Å². The largest absolute Gasteiger partial charge is 0.373 e. The quantitative estimate of drug-likeness (QED) is 0.853. The Hall–Kier alpha value is -1.58. The number of nitrogens with zero attached hydrogens (tertiary/aromatic N) is 1. The molecule has 2 N–H and O–H groups in total. The van der Waals surface area contributed by atoms with E-state index < -0.39 is 0 Å². The van der Waals surface area contributed by atoms with E-state index in [2.05, 4.69) is 15.6 Å². The maximum absolute atomic E-state index is 12.4. The highest BCUT2D eigenvalue weighted by Gasteiger charge is 2.42. The maximum atomic E-state index is 12.4. The predicted octanol–water partition coefficient (Wildman–Crippen LogP) is 2.35. The molecule has 0 bridgehead atoms. The highest BCUT2D eigenvalue weighted by Crippen LogP contribution is 2.44. The average molecular weight is 259 g/mol. The Labute approximate surface area is 114 Å². The molecular formula is C15H21N3O. The molecule has 102 valence electrons. The third-order valence-corrected chi connectivity index (χ3v) is 4.03. The first-order chi connectivity index (χ1) is 9.17. The Kier molecular flexibility index (Phi) is 3.17. The van der Waals surface area contributed by atoms with Crippen LogP contribution < -0.4 is 10.6 Å². The Morgan fingerprint density at radius 1 is 1.26 bits per heavy atom. The van der Waals surface area contributed by atoms with Crippen LogP contribution in [0.4, 0.5) is 5.82 Å². The first kappa shape index (κ1) is 12.5. The minimum absolute atomic E-state index is 0.0470. The zero-order valence-electron chi connectivity index (χ0n) is 11.6. The van der Waals surface area contributed by atoms with Gasteiger partial charge in [-0.1, -0.05) is 0 Å². The molecule has 2 aliphatic carbocycles. The summed E-state index contributed by atoms with van der Waals surface area (Å²) in [6, 6.07) is 4.07. The van der Waals surface area contributed by atoms with Gasteiger partial charge in [-0.15, -0.1) is 0 Å². The SMILES string of the molecule is CNc1cc(C(=O)NC(C2CC2)C2CC2)cc(C)n1. The van der Waals surface area contributed by atoms with Gasteiger partial charge in [0, 0.05) is 24.3 Å². The van der Waals surface area contributed by atoms with Crippen LogP contribution in [0.3, 0.4) is 0 Å². The molecule has 0 atom stereocenters. The monoisotopic (exact) mass is 259 g/mol. The van der Waals surface area contributed by atoms with Crippen LogP contribution in [-0.4, -0.2) is 24.0 Å². The van der Waals surface area contributed by atoms with E-state index in [1.165, 1.54) is 25.7 Å². The average Bonchev–Trinajstić information content (AvgIpc) is 3.28. The summed E-state index contributed by atoms with van der Waals surface area (Å²) < 4.78 is 0. The second-order valence-corrected chi connectivity index (χ2v) is 5.81. The Balaban J connectivity index is 1.73. The molecule has 2 aliphatic rings. The van der Waals surface area contributed by atoms with E-state index in [4.69, 9.17) is 0 Å². The van der Waals surface area contributed by atoms with Gasteiger partial charge in [0.05, 0.1) is 0 Å². The number of carbonyl (C=O) groups excluding carboxylic acids is 1. The summed E-state index contributed by atoms with van der Waals surface area (Å²) >= 11 is 0. The van der Waals surface area contributed by atoms with E-state index in [-0.39, 0.29) is 5.91 Å². The molecule has 19 heavy (non-hydrogen) atoms. The second kappa shape index (κ2) is 4.83. The van der Waals surface area contributed by atoms with Gasteiger partial charge >= 0.3 is 0 Å². The van der Waals surface area contributed by atoms with Gasteiger partial charge in [0.1, 0.15) is 5.82 Å². The number of hydrogen-bond acceptors (Lipinski definition) is 3. The van der Waals surface area contributed by atoms with Gasteiger partial charge in [-0.25, -0.2) is 4.98 Å². The van der Waals surface area contributed by atoms with Crippen molar-refractivity contribution in [1.82, 2.24) is 10.3 Å². The smallest absolute Gasteiger partial charge is 0.251 e. The van der Waals surface area contributed by atoms with E-state index in [9.17, 15) is 4.79 Å². The van der Waals surface area contributed by atoms with Crippen LogP contribution in [0.5, 0.6) is 0 Å². The Morgan fingerprint density at radius 2 is 1.89 bits per heavy atom. The van der Waals surface area contributed by atoms with Gasteiger partial charge < -0.3 is 10.6 Å². The van der Waals surface area contributed by atoms with Crippen molar-refractivity contribution in [3.8, 4) is 0 Å². The zero-order valence-corrected chi connectivity index (χ0v) is 11.6. The lowest BCUT2D eigenvalue weighted by Gasteiger charge is -2.18. The third-order valence-electron chi connectivity index (χ3n) is 4.03. The van der Waals surface area contributed by atoms with Crippen molar-refractivity contribution >= 4 is 11.7 Å². The summed E-state index contributed by atoms with van der Waals surface area (Å²) in [6.07, 6.45) is 5.11. The van der Waals surface area contributed by atoms with Gasteiger partial charge in [-0.05, 0) is 56.6 Å². The molecule has 3 rings (SSSR count). The van der Waals surface area contributed by atoms with Crippen LogP contribution in [-0.2, 0) is 0 Å². The van der Waals surface area contributed by atoms with E-state index in [1.807, 2.05) is 26.1 Å². The number of aromatic nitrogens is 1. The molecule has 0 aromatic carbocycles. The van der Waals surface area contributed by atoms with Gasteiger partial charge in [-0.3, -0.25) is 4.79 Å². The lowest BCUT2D eigenvalue weighted by Crippen LogP contribution is -2.38. The molecular weight excluding hydrogens is 238 g/mol. The molecule has 2 saturated carbocycles. The van der Waals surface area contributed by atoms with Crippen LogP contribution in [0.15, 0.2) is 12.1 Å². The minimum atomic E-state index is 0.0470. The molecule has 1 aromatic rings. The van der Waals surface area contributed by atoms with Crippen molar-refractivity contribution in [1.29, 1.82) is 0 Å². The van der Waals surface area contributed by atoms with Crippen LogP contribution >= 0.6 is 0 Å². The van der Waals surface area contributed by atoms with E-state index in [1.54, 1.807) is 0 Å². The molecule has 1 amide bonds. The summed E-state index contributed by atoms with van der Waals surface area (Å²) in [6.45, 7) is 1.91. The van der Waals surface area contributed by atoms with Gasteiger partial charge in [-0.2, -0.15) is 0 Å². The van der Waals surface area contributed by atoms with Crippen LogP contribution in [0.1, 0.15) is 41.7 Å². The standard InChI is InChI=1S/C15H21N3O/c1-9-7-12(8-13(16-2)17-9)15(19)18-14(10-3-4-10)11-5-6-11/h7-8,10-11,14H,3-6H2,1-2H3,(H,16,17)(H,18,19). The Morgan fingerprint density at radius 3 is 2.42 bits per heavy atom. The molecule has 4 nitrogen and oxygen atoms in total. The summed E-state index contributed by atoms with van der Waals surface area (Å²) in [7, 11) is 1.82. The van der Waals surface area contributed by atoms with Crippen molar-refractivity contribution in [2.24, 2.45) is 11.8 Å². The van der Waals surface area contributed by atoms with Crippen molar-refractivity contribution in [3.05, 3.63) is 23.4 Å². The topological polar surface area (TPSA) is 54.0 Å². The number of anilines is 1.